The Hall–Kier alpha value is -4.00. The van der Waals surface area contributed by atoms with Crippen LogP contribution < -0.4 is 9.47 Å². The van der Waals surface area contributed by atoms with E-state index in [2.05, 4.69) is 57.3 Å². The quantitative estimate of drug-likeness (QED) is 0.0581. The number of esters is 2. The van der Waals surface area contributed by atoms with Gasteiger partial charge in [0.1, 0.15) is 11.5 Å². The lowest BCUT2D eigenvalue weighted by Gasteiger charge is -2.24. The maximum Gasteiger partial charge on any atom is 0.338 e. The summed E-state index contributed by atoms with van der Waals surface area (Å²) in [5, 5.41) is 19.3. The lowest BCUT2D eigenvalue weighted by atomic mass is 9.85. The molecule has 0 aliphatic heterocycles. The second kappa shape index (κ2) is 18.5. The SMILES string of the molecule is C=C(C)C(=O)Oc1cc(-c2ccc(CCCC(C)(CO)CO)cc2CC)c(OC(=O)C(=C)C)cc1CCc1ccc(CCCCC)cc1. The van der Waals surface area contributed by atoms with E-state index in [-0.39, 0.29) is 24.4 Å². The van der Waals surface area contributed by atoms with Crippen molar-refractivity contribution >= 4 is 11.9 Å². The van der Waals surface area contributed by atoms with Crippen LogP contribution >= 0.6 is 0 Å². The van der Waals surface area contributed by atoms with Gasteiger partial charge in [-0.1, -0.05) is 89.2 Å². The molecule has 0 saturated heterocycles. The van der Waals surface area contributed by atoms with Crippen LogP contribution in [0.4, 0.5) is 0 Å². The molecule has 0 heterocycles. The van der Waals surface area contributed by atoms with E-state index in [0.717, 1.165) is 53.5 Å². The van der Waals surface area contributed by atoms with Gasteiger partial charge in [0, 0.05) is 22.1 Å². The lowest BCUT2D eigenvalue weighted by Crippen LogP contribution is -2.25. The number of hydrogen-bond acceptors (Lipinski definition) is 6. The van der Waals surface area contributed by atoms with Crippen LogP contribution in [0.1, 0.15) is 94.5 Å². The predicted molar refractivity (Wildman–Crippen MR) is 194 cm³/mol. The Morgan fingerprint density at radius 2 is 1.23 bits per heavy atom. The summed E-state index contributed by atoms with van der Waals surface area (Å²) in [5.74, 6) is -0.265. The van der Waals surface area contributed by atoms with Gasteiger partial charge in [0.2, 0.25) is 0 Å². The van der Waals surface area contributed by atoms with Gasteiger partial charge in [0.25, 0.3) is 0 Å². The van der Waals surface area contributed by atoms with Crippen molar-refractivity contribution in [1.29, 1.82) is 0 Å². The van der Waals surface area contributed by atoms with Crippen LogP contribution in [0.15, 0.2) is 78.9 Å². The summed E-state index contributed by atoms with van der Waals surface area (Å²) in [6, 6.07) is 18.5. The molecule has 0 spiro atoms. The van der Waals surface area contributed by atoms with E-state index in [4.69, 9.17) is 9.47 Å². The molecule has 2 N–H and O–H groups in total. The van der Waals surface area contributed by atoms with E-state index >= 15 is 0 Å². The van der Waals surface area contributed by atoms with Crippen LogP contribution in [0.3, 0.4) is 0 Å². The molecule has 0 fully saturated rings. The first-order valence-electron chi connectivity index (χ1n) is 17.3. The van der Waals surface area contributed by atoms with Gasteiger partial charge in [-0.3, -0.25) is 0 Å². The first-order valence-corrected chi connectivity index (χ1v) is 17.3. The normalized spacial score (nSPS) is 11.3. The van der Waals surface area contributed by atoms with Gasteiger partial charge in [-0.15, -0.1) is 0 Å². The molecule has 6 heteroatoms. The molecule has 258 valence electrons. The van der Waals surface area contributed by atoms with Gasteiger partial charge in [0.05, 0.1) is 13.2 Å². The molecule has 0 unspecified atom stereocenters. The van der Waals surface area contributed by atoms with E-state index in [0.29, 0.717) is 36.3 Å². The Bertz CT molecular complexity index is 1560. The Morgan fingerprint density at radius 3 is 1.79 bits per heavy atom. The zero-order valence-electron chi connectivity index (χ0n) is 29.6. The zero-order chi connectivity index (χ0) is 35.3. The predicted octanol–water partition coefficient (Wildman–Crippen LogP) is 8.71. The third-order valence-electron chi connectivity index (χ3n) is 8.89. The van der Waals surface area contributed by atoms with Gasteiger partial charge in [-0.2, -0.15) is 0 Å². The highest BCUT2D eigenvalue weighted by Crippen LogP contribution is 2.40. The fourth-order valence-electron chi connectivity index (χ4n) is 5.58. The van der Waals surface area contributed by atoms with Crippen molar-refractivity contribution < 1.29 is 29.3 Å². The first-order chi connectivity index (χ1) is 22.9. The topological polar surface area (TPSA) is 93.1 Å². The molecule has 0 radical (unpaired) electrons. The zero-order valence-corrected chi connectivity index (χ0v) is 29.6. The molecular formula is C42H54O6. The highest BCUT2D eigenvalue weighted by Gasteiger charge is 2.23. The largest absolute Gasteiger partial charge is 0.423 e. The summed E-state index contributed by atoms with van der Waals surface area (Å²) < 4.78 is 11.8. The molecule has 48 heavy (non-hydrogen) atoms. The van der Waals surface area contributed by atoms with E-state index in [9.17, 15) is 19.8 Å². The highest BCUT2D eigenvalue weighted by atomic mass is 16.5. The number of hydrogen-bond donors (Lipinski definition) is 2. The monoisotopic (exact) mass is 654 g/mol. The molecule has 0 atom stereocenters. The van der Waals surface area contributed by atoms with Gasteiger partial charge >= 0.3 is 11.9 Å². The van der Waals surface area contributed by atoms with Gasteiger partial charge < -0.3 is 19.7 Å². The van der Waals surface area contributed by atoms with Crippen LogP contribution in [0.5, 0.6) is 11.5 Å². The number of unbranched alkanes of at least 4 members (excludes halogenated alkanes) is 2. The number of rotatable bonds is 19. The molecule has 0 bridgehead atoms. The molecule has 0 amide bonds. The minimum atomic E-state index is -0.530. The van der Waals surface area contributed by atoms with Crippen LogP contribution in [-0.2, 0) is 41.7 Å². The summed E-state index contributed by atoms with van der Waals surface area (Å²) in [5.41, 5.74) is 7.00. The summed E-state index contributed by atoms with van der Waals surface area (Å²) in [7, 11) is 0. The maximum atomic E-state index is 12.9. The molecule has 0 aliphatic rings. The molecule has 3 aromatic rings. The van der Waals surface area contributed by atoms with E-state index in [1.165, 1.54) is 24.8 Å². The number of aliphatic hydroxyl groups excluding tert-OH is 2. The Kier molecular flexibility index (Phi) is 14.8. The minimum absolute atomic E-state index is 0.0615. The highest BCUT2D eigenvalue weighted by molar-refractivity contribution is 5.92. The number of carbonyl (C=O) groups excluding carboxylic acids is 2. The van der Waals surface area contributed by atoms with E-state index in [1.807, 2.05) is 25.1 Å². The Balaban J connectivity index is 2.02. The van der Waals surface area contributed by atoms with Gasteiger partial charge in [-0.25, -0.2) is 9.59 Å². The first kappa shape index (κ1) is 38.4. The van der Waals surface area contributed by atoms with Crippen molar-refractivity contribution in [3.63, 3.8) is 0 Å². The Morgan fingerprint density at radius 1 is 0.667 bits per heavy atom. The summed E-state index contributed by atoms with van der Waals surface area (Å²) >= 11 is 0. The average molecular weight is 655 g/mol. The van der Waals surface area contributed by atoms with Gasteiger partial charge in [-0.05, 0) is 111 Å². The number of carbonyl (C=O) groups is 2. The fourth-order valence-corrected chi connectivity index (χ4v) is 5.58. The summed E-state index contributed by atoms with van der Waals surface area (Å²) in [4.78, 5) is 25.7. The third-order valence-corrected chi connectivity index (χ3v) is 8.89. The van der Waals surface area contributed by atoms with Crippen molar-refractivity contribution in [2.24, 2.45) is 5.41 Å². The number of benzene rings is 3. The van der Waals surface area contributed by atoms with E-state index in [1.54, 1.807) is 19.9 Å². The third kappa shape index (κ3) is 11.0. The van der Waals surface area contributed by atoms with Crippen molar-refractivity contribution in [3.8, 4) is 22.6 Å². The molecular weight excluding hydrogens is 600 g/mol. The van der Waals surface area contributed by atoms with Crippen molar-refractivity contribution in [2.75, 3.05) is 13.2 Å². The van der Waals surface area contributed by atoms with Crippen molar-refractivity contribution in [2.45, 2.75) is 98.8 Å². The molecule has 0 saturated carbocycles. The fraction of sp³-hybridized carbons (Fsp3) is 0.429. The number of aliphatic hydroxyl groups is 2. The van der Waals surface area contributed by atoms with Crippen LogP contribution in [0.2, 0.25) is 0 Å². The molecule has 0 aliphatic carbocycles. The van der Waals surface area contributed by atoms with Crippen LogP contribution in [-0.4, -0.2) is 35.4 Å². The summed E-state index contributed by atoms with van der Waals surface area (Å²) in [6.45, 7) is 16.8. The smallest absolute Gasteiger partial charge is 0.338 e. The summed E-state index contributed by atoms with van der Waals surface area (Å²) in [6.07, 6.45) is 8.98. The molecule has 6 nitrogen and oxygen atoms in total. The molecule has 3 aromatic carbocycles. The second-order valence-electron chi connectivity index (χ2n) is 13.4. The lowest BCUT2D eigenvalue weighted by molar-refractivity contribution is -0.131. The standard InChI is InChI=1S/C42H54O6/c1-8-10-11-13-31-15-17-32(18-16-31)19-21-35-25-39(48-41(46)30(5)6)37(26-38(35)47-40(45)29(3)4)36-22-20-33(24-34(36)9-2)14-12-23-42(7,27-43)28-44/h15-18,20,22,24-26,43-44H,3,5,8-14,19,21,23,27-28H2,1-2,4,6-7H3. The number of aryl methyl sites for hydroxylation is 5. The van der Waals surface area contributed by atoms with Gasteiger partial charge in [0.15, 0.2) is 0 Å². The number of ether oxygens (including phenoxy) is 2. The average Bonchev–Trinajstić information content (AvgIpc) is 3.08. The van der Waals surface area contributed by atoms with Crippen LogP contribution in [0, 0.1) is 5.41 Å². The van der Waals surface area contributed by atoms with Crippen molar-refractivity contribution in [3.05, 3.63) is 107 Å². The molecule has 3 rings (SSSR count). The van der Waals surface area contributed by atoms with Crippen LogP contribution in [0.25, 0.3) is 11.1 Å². The Labute approximate surface area is 287 Å². The molecule has 0 aromatic heterocycles. The van der Waals surface area contributed by atoms with E-state index < -0.39 is 17.4 Å². The maximum absolute atomic E-state index is 12.9. The minimum Gasteiger partial charge on any atom is -0.423 e. The second-order valence-corrected chi connectivity index (χ2v) is 13.4. The van der Waals surface area contributed by atoms with Crippen molar-refractivity contribution in [1.82, 2.24) is 0 Å².